The van der Waals surface area contributed by atoms with Crippen LogP contribution in [0.4, 0.5) is 0 Å². The van der Waals surface area contributed by atoms with Gasteiger partial charge in [-0.15, -0.1) is 0 Å². The molecule has 0 saturated heterocycles. The number of H-pyrrole nitrogens is 1. The van der Waals surface area contributed by atoms with E-state index in [1.54, 1.807) is 26.4 Å². The number of aromatic amines is 1. The zero-order chi connectivity index (χ0) is 18.5. The number of hydrogen-bond acceptors (Lipinski definition) is 4. The summed E-state index contributed by atoms with van der Waals surface area (Å²) >= 11 is 0. The first-order valence-corrected chi connectivity index (χ1v) is 8.26. The van der Waals surface area contributed by atoms with E-state index >= 15 is 0 Å². The van der Waals surface area contributed by atoms with Crippen LogP contribution >= 0.6 is 0 Å². The van der Waals surface area contributed by atoms with E-state index in [2.05, 4.69) is 15.5 Å². The molecule has 2 aromatic carbocycles. The first-order chi connectivity index (χ1) is 12.6. The number of hydrogen-bond donors (Lipinski definition) is 2. The van der Waals surface area contributed by atoms with Gasteiger partial charge in [-0.05, 0) is 30.7 Å². The molecule has 0 saturated carbocycles. The average molecular weight is 351 g/mol. The third-order valence-electron chi connectivity index (χ3n) is 4.15. The molecule has 0 aliphatic rings. The van der Waals surface area contributed by atoms with Gasteiger partial charge in [0.05, 0.1) is 26.0 Å². The van der Waals surface area contributed by atoms with Crippen molar-refractivity contribution < 1.29 is 14.3 Å². The first kappa shape index (κ1) is 17.5. The Hall–Kier alpha value is -3.28. The van der Waals surface area contributed by atoms with Gasteiger partial charge in [0.15, 0.2) is 0 Å². The highest BCUT2D eigenvalue weighted by atomic mass is 16.5. The summed E-state index contributed by atoms with van der Waals surface area (Å²) in [6, 6.07) is 16.8. The Morgan fingerprint density at radius 3 is 2.54 bits per heavy atom. The summed E-state index contributed by atoms with van der Waals surface area (Å²) in [5.74, 6) is 1.10. The van der Waals surface area contributed by atoms with Crippen LogP contribution in [0.2, 0.25) is 0 Å². The number of nitrogens with zero attached hydrogens (tertiary/aromatic N) is 1. The molecule has 0 radical (unpaired) electrons. The lowest BCUT2D eigenvalue weighted by molar-refractivity contribution is 0.0935. The van der Waals surface area contributed by atoms with Crippen molar-refractivity contribution in [2.24, 2.45) is 0 Å². The third kappa shape index (κ3) is 3.69. The number of carbonyl (C=O) groups excluding carboxylic acids is 1. The lowest BCUT2D eigenvalue weighted by Crippen LogP contribution is -2.26. The van der Waals surface area contributed by atoms with E-state index in [1.165, 1.54) is 0 Å². The van der Waals surface area contributed by atoms with Crippen LogP contribution in [0.3, 0.4) is 0 Å². The molecule has 0 fully saturated rings. The summed E-state index contributed by atoms with van der Waals surface area (Å²) < 4.78 is 10.6. The number of benzene rings is 2. The molecule has 2 N–H and O–H groups in total. The van der Waals surface area contributed by atoms with Crippen LogP contribution in [0, 0.1) is 0 Å². The standard InChI is InChI=1S/C20H21N3O3/c1-13(14-7-5-4-6-8-14)21-20(24)18-12-17(22-23-18)16-10-9-15(25-2)11-19(16)26-3/h4-13H,1-3H3,(H,21,24)(H,22,23). The molecule has 0 aliphatic heterocycles. The lowest BCUT2D eigenvalue weighted by Gasteiger charge is -2.13. The monoisotopic (exact) mass is 351 g/mol. The van der Waals surface area contributed by atoms with Crippen molar-refractivity contribution >= 4 is 5.91 Å². The van der Waals surface area contributed by atoms with Crippen LogP contribution in [-0.4, -0.2) is 30.3 Å². The highest BCUT2D eigenvalue weighted by Gasteiger charge is 2.16. The summed E-state index contributed by atoms with van der Waals surface area (Å²) in [6.45, 7) is 1.94. The van der Waals surface area contributed by atoms with Crippen molar-refractivity contribution in [1.29, 1.82) is 0 Å². The van der Waals surface area contributed by atoms with Gasteiger partial charge >= 0.3 is 0 Å². The third-order valence-corrected chi connectivity index (χ3v) is 4.15. The molecule has 1 unspecified atom stereocenters. The largest absolute Gasteiger partial charge is 0.497 e. The lowest BCUT2D eigenvalue weighted by atomic mass is 10.1. The Labute approximate surface area is 152 Å². The highest BCUT2D eigenvalue weighted by Crippen LogP contribution is 2.32. The maximum atomic E-state index is 12.5. The number of ether oxygens (including phenoxy) is 2. The molecular formula is C20H21N3O3. The maximum Gasteiger partial charge on any atom is 0.269 e. The molecule has 1 atom stereocenters. The maximum absolute atomic E-state index is 12.5. The number of nitrogens with one attached hydrogen (secondary N) is 2. The van der Waals surface area contributed by atoms with Crippen molar-refractivity contribution in [3.63, 3.8) is 0 Å². The predicted molar refractivity (Wildman–Crippen MR) is 99.5 cm³/mol. The van der Waals surface area contributed by atoms with Crippen molar-refractivity contribution in [3.05, 3.63) is 65.9 Å². The van der Waals surface area contributed by atoms with Gasteiger partial charge < -0.3 is 14.8 Å². The summed E-state index contributed by atoms with van der Waals surface area (Å²) in [5.41, 5.74) is 2.83. The molecule has 1 heterocycles. The SMILES string of the molecule is COc1ccc(-c2cc(C(=O)NC(C)c3ccccc3)[nH]n2)c(OC)c1. The Balaban J connectivity index is 1.78. The van der Waals surface area contributed by atoms with Gasteiger partial charge in [0.2, 0.25) is 0 Å². The molecule has 0 aliphatic carbocycles. The minimum atomic E-state index is -0.215. The van der Waals surface area contributed by atoms with Crippen molar-refractivity contribution in [3.8, 4) is 22.8 Å². The number of aromatic nitrogens is 2. The minimum absolute atomic E-state index is 0.106. The number of methoxy groups -OCH3 is 2. The Morgan fingerprint density at radius 2 is 1.85 bits per heavy atom. The fraction of sp³-hybridized carbons (Fsp3) is 0.200. The summed E-state index contributed by atoms with van der Waals surface area (Å²) in [6.07, 6.45) is 0. The number of carbonyl (C=O) groups is 1. The molecule has 6 heteroatoms. The van der Waals surface area contributed by atoms with E-state index in [-0.39, 0.29) is 11.9 Å². The Kier molecular flexibility index (Phi) is 5.22. The van der Waals surface area contributed by atoms with E-state index in [9.17, 15) is 4.79 Å². The van der Waals surface area contributed by atoms with E-state index < -0.39 is 0 Å². The van der Waals surface area contributed by atoms with Crippen LogP contribution in [-0.2, 0) is 0 Å². The molecule has 0 spiro atoms. The van der Waals surface area contributed by atoms with Crippen LogP contribution in [0.25, 0.3) is 11.3 Å². The summed E-state index contributed by atoms with van der Waals surface area (Å²) in [7, 11) is 3.18. The van der Waals surface area contributed by atoms with Crippen LogP contribution in [0.1, 0.15) is 29.0 Å². The second kappa shape index (κ2) is 7.74. The quantitative estimate of drug-likeness (QED) is 0.712. The number of rotatable bonds is 6. The normalized spacial score (nSPS) is 11.7. The molecule has 0 bridgehead atoms. The molecule has 26 heavy (non-hydrogen) atoms. The average Bonchev–Trinajstić information content (AvgIpc) is 3.18. The van der Waals surface area contributed by atoms with Crippen molar-refractivity contribution in [1.82, 2.24) is 15.5 Å². The zero-order valence-electron chi connectivity index (χ0n) is 14.9. The number of amides is 1. The van der Waals surface area contributed by atoms with Gasteiger partial charge in [-0.25, -0.2) is 0 Å². The Morgan fingerprint density at radius 1 is 1.08 bits per heavy atom. The van der Waals surface area contributed by atoms with E-state index in [0.717, 1.165) is 11.1 Å². The molecule has 1 aromatic heterocycles. The molecule has 1 amide bonds. The fourth-order valence-corrected chi connectivity index (χ4v) is 2.69. The minimum Gasteiger partial charge on any atom is -0.497 e. The van der Waals surface area contributed by atoms with Gasteiger partial charge in [0.1, 0.15) is 17.2 Å². The second-order valence-corrected chi connectivity index (χ2v) is 5.84. The predicted octanol–water partition coefficient (Wildman–Crippen LogP) is 3.58. The van der Waals surface area contributed by atoms with E-state index in [4.69, 9.17) is 9.47 Å². The van der Waals surface area contributed by atoms with Crippen LogP contribution in [0.15, 0.2) is 54.6 Å². The zero-order valence-corrected chi connectivity index (χ0v) is 14.9. The molecule has 6 nitrogen and oxygen atoms in total. The molecule has 3 aromatic rings. The fourth-order valence-electron chi connectivity index (χ4n) is 2.69. The van der Waals surface area contributed by atoms with E-state index in [1.807, 2.05) is 49.4 Å². The Bertz CT molecular complexity index is 890. The topological polar surface area (TPSA) is 76.2 Å². The molecule has 134 valence electrons. The van der Waals surface area contributed by atoms with Gasteiger partial charge in [-0.2, -0.15) is 5.10 Å². The summed E-state index contributed by atoms with van der Waals surface area (Å²) in [4.78, 5) is 12.5. The van der Waals surface area contributed by atoms with Gasteiger partial charge in [-0.1, -0.05) is 30.3 Å². The van der Waals surface area contributed by atoms with Crippen LogP contribution in [0.5, 0.6) is 11.5 Å². The van der Waals surface area contributed by atoms with Crippen LogP contribution < -0.4 is 14.8 Å². The van der Waals surface area contributed by atoms with Gasteiger partial charge in [0, 0.05) is 11.6 Å². The van der Waals surface area contributed by atoms with Gasteiger partial charge in [-0.3, -0.25) is 9.89 Å². The van der Waals surface area contributed by atoms with Crippen molar-refractivity contribution in [2.45, 2.75) is 13.0 Å². The molecular weight excluding hydrogens is 330 g/mol. The van der Waals surface area contributed by atoms with Gasteiger partial charge in [0.25, 0.3) is 5.91 Å². The first-order valence-electron chi connectivity index (χ1n) is 8.26. The molecule has 3 rings (SSSR count). The highest BCUT2D eigenvalue weighted by molar-refractivity contribution is 5.93. The van der Waals surface area contributed by atoms with E-state index in [0.29, 0.717) is 22.9 Å². The summed E-state index contributed by atoms with van der Waals surface area (Å²) in [5, 5.41) is 10.00. The smallest absolute Gasteiger partial charge is 0.269 e. The van der Waals surface area contributed by atoms with Crippen molar-refractivity contribution in [2.75, 3.05) is 14.2 Å². The second-order valence-electron chi connectivity index (χ2n) is 5.84.